The zero-order chi connectivity index (χ0) is 16.7. The number of nitrogens with zero attached hydrogens (tertiary/aromatic N) is 5. The van der Waals surface area contributed by atoms with Gasteiger partial charge in [-0.3, -0.25) is 9.59 Å². The smallest absolute Gasteiger partial charge is 0.279 e. The molecule has 0 atom stereocenters. The molecule has 0 bridgehead atoms. The number of aromatic nitrogens is 3. The van der Waals surface area contributed by atoms with Crippen LogP contribution in [0.4, 0.5) is 0 Å². The van der Waals surface area contributed by atoms with Crippen molar-refractivity contribution in [3.63, 3.8) is 0 Å². The second-order valence-electron chi connectivity index (χ2n) is 6.27. The van der Waals surface area contributed by atoms with E-state index in [1.54, 1.807) is 0 Å². The van der Waals surface area contributed by atoms with Crippen molar-refractivity contribution in [2.45, 2.75) is 30.1 Å². The van der Waals surface area contributed by atoms with Crippen molar-refractivity contribution in [1.82, 2.24) is 24.4 Å². The van der Waals surface area contributed by atoms with Gasteiger partial charge in [0.05, 0.1) is 17.0 Å². The van der Waals surface area contributed by atoms with Crippen LogP contribution in [0.15, 0.2) is 9.13 Å². The number of fused-ring (bicyclic) bond motifs is 2. The van der Waals surface area contributed by atoms with Crippen LogP contribution in [0.5, 0.6) is 0 Å². The molecule has 4 rings (SSSR count). The number of hydrogen-bond acceptors (Lipinski definition) is 7. The fourth-order valence-electron chi connectivity index (χ4n) is 3.15. The minimum atomic E-state index is -0.0736. The van der Waals surface area contributed by atoms with Gasteiger partial charge in [0.15, 0.2) is 4.34 Å². The van der Waals surface area contributed by atoms with Crippen LogP contribution in [0, 0.1) is 0 Å². The first-order valence-corrected chi connectivity index (χ1v) is 9.93. The fraction of sp³-hybridized carbons (Fsp3) is 0.600. The summed E-state index contributed by atoms with van der Waals surface area (Å²) in [5.74, 6) is 0.523. The van der Waals surface area contributed by atoms with Gasteiger partial charge in [0.25, 0.3) is 5.56 Å². The average molecular weight is 365 g/mol. The van der Waals surface area contributed by atoms with Gasteiger partial charge >= 0.3 is 0 Å². The first kappa shape index (κ1) is 16.0. The van der Waals surface area contributed by atoms with Crippen molar-refractivity contribution >= 4 is 34.0 Å². The van der Waals surface area contributed by atoms with Crippen molar-refractivity contribution in [1.29, 1.82) is 0 Å². The highest BCUT2D eigenvalue weighted by Crippen LogP contribution is 2.25. The summed E-state index contributed by atoms with van der Waals surface area (Å²) in [6.45, 7) is 3.26. The topological polar surface area (TPSA) is 70.8 Å². The molecule has 2 aliphatic rings. The summed E-state index contributed by atoms with van der Waals surface area (Å²) in [5.41, 5.74) is 1.57. The summed E-state index contributed by atoms with van der Waals surface area (Å²) in [7, 11) is 2.00. The minimum Gasteiger partial charge on any atom is -0.342 e. The summed E-state index contributed by atoms with van der Waals surface area (Å²) in [5, 5.41) is 4.38. The van der Waals surface area contributed by atoms with Gasteiger partial charge in [-0.2, -0.15) is 4.52 Å². The minimum absolute atomic E-state index is 0.0736. The molecule has 24 heavy (non-hydrogen) atoms. The molecule has 7 nitrogen and oxygen atoms in total. The molecule has 0 spiro atoms. The van der Waals surface area contributed by atoms with Crippen LogP contribution < -0.4 is 5.56 Å². The number of hydrogen-bond donors (Lipinski definition) is 0. The molecular formula is C15H19N5O2S2. The Morgan fingerprint density at radius 3 is 2.88 bits per heavy atom. The maximum atomic E-state index is 12.6. The summed E-state index contributed by atoms with van der Waals surface area (Å²) in [4.78, 5) is 34.0. The molecule has 4 heterocycles. The number of carbonyl (C=O) groups excluding carboxylic acids is 1. The van der Waals surface area contributed by atoms with E-state index in [0.29, 0.717) is 17.3 Å². The molecule has 0 radical (unpaired) electrons. The molecule has 1 fully saturated rings. The lowest BCUT2D eigenvalue weighted by Crippen LogP contribution is -2.34. The highest BCUT2D eigenvalue weighted by Gasteiger charge is 2.22. The second kappa shape index (κ2) is 6.45. The summed E-state index contributed by atoms with van der Waals surface area (Å²) in [6.07, 6.45) is 2.99. The van der Waals surface area contributed by atoms with Crippen LogP contribution in [-0.4, -0.2) is 62.7 Å². The van der Waals surface area contributed by atoms with Gasteiger partial charge in [0.1, 0.15) is 0 Å². The molecule has 0 unspecified atom stereocenters. The monoisotopic (exact) mass is 365 g/mol. The number of carbonyl (C=O) groups is 1. The third-order valence-corrected chi connectivity index (χ3v) is 6.53. The van der Waals surface area contributed by atoms with Gasteiger partial charge in [-0.25, -0.2) is 4.98 Å². The standard InChI is InChI=1S/C15H19N5O2S2/c1-18-7-4-11-10(8-18)13(22)20-14(16-11)24-15(17-20)23-9-12(21)19-5-2-3-6-19/h2-9H2,1H3. The normalized spacial score (nSPS) is 18.3. The van der Waals surface area contributed by atoms with E-state index in [0.717, 1.165) is 54.5 Å². The van der Waals surface area contributed by atoms with Gasteiger partial charge in [-0.1, -0.05) is 23.1 Å². The lowest BCUT2D eigenvalue weighted by Gasteiger charge is -2.22. The SMILES string of the molecule is CN1CCc2nc3sc(SCC(=O)N4CCCC4)nn3c(=O)c2C1. The van der Waals surface area contributed by atoms with Crippen LogP contribution in [-0.2, 0) is 17.8 Å². The Hall–Kier alpha value is -1.45. The lowest BCUT2D eigenvalue weighted by atomic mass is 10.1. The van der Waals surface area contributed by atoms with E-state index >= 15 is 0 Å². The van der Waals surface area contributed by atoms with E-state index in [1.807, 2.05) is 11.9 Å². The number of likely N-dealkylation sites (N-methyl/N-ethyl adjacent to an activating group) is 1. The first-order valence-electron chi connectivity index (χ1n) is 8.12. The zero-order valence-electron chi connectivity index (χ0n) is 13.5. The number of thioether (sulfide) groups is 1. The first-order chi connectivity index (χ1) is 11.6. The zero-order valence-corrected chi connectivity index (χ0v) is 15.2. The number of likely N-dealkylation sites (tertiary alicyclic amines) is 1. The molecule has 0 aliphatic carbocycles. The van der Waals surface area contributed by atoms with Gasteiger partial charge in [-0.05, 0) is 19.9 Å². The predicted octanol–water partition coefficient (Wildman–Crippen LogP) is 0.853. The molecule has 1 saturated heterocycles. The molecule has 2 aliphatic heterocycles. The molecular weight excluding hydrogens is 346 g/mol. The number of rotatable bonds is 3. The van der Waals surface area contributed by atoms with Crippen LogP contribution in [0.3, 0.4) is 0 Å². The highest BCUT2D eigenvalue weighted by molar-refractivity contribution is 8.01. The Morgan fingerprint density at radius 2 is 2.08 bits per heavy atom. The van der Waals surface area contributed by atoms with Crippen molar-refractivity contribution < 1.29 is 4.79 Å². The largest absolute Gasteiger partial charge is 0.342 e. The van der Waals surface area contributed by atoms with E-state index < -0.39 is 0 Å². The van der Waals surface area contributed by atoms with Gasteiger partial charge in [0.2, 0.25) is 10.9 Å². The van der Waals surface area contributed by atoms with Crippen LogP contribution in [0.25, 0.3) is 4.96 Å². The molecule has 1 amide bonds. The summed E-state index contributed by atoms with van der Waals surface area (Å²) in [6, 6.07) is 0. The van der Waals surface area contributed by atoms with E-state index in [9.17, 15) is 9.59 Å². The van der Waals surface area contributed by atoms with Crippen LogP contribution in [0.2, 0.25) is 0 Å². The van der Waals surface area contributed by atoms with E-state index in [4.69, 9.17) is 0 Å². The quantitative estimate of drug-likeness (QED) is 0.751. The highest BCUT2D eigenvalue weighted by atomic mass is 32.2. The molecule has 2 aromatic heterocycles. The van der Waals surface area contributed by atoms with Crippen LogP contribution >= 0.6 is 23.1 Å². The molecule has 9 heteroatoms. The summed E-state index contributed by atoms with van der Waals surface area (Å²) >= 11 is 2.79. The Balaban J connectivity index is 1.56. The number of amides is 1. The Labute approximate surface area is 147 Å². The Morgan fingerprint density at radius 1 is 1.29 bits per heavy atom. The molecule has 0 aromatic carbocycles. The maximum absolute atomic E-state index is 12.6. The maximum Gasteiger partial charge on any atom is 0.279 e. The summed E-state index contributed by atoms with van der Waals surface area (Å²) < 4.78 is 2.12. The van der Waals surface area contributed by atoms with E-state index in [-0.39, 0.29) is 11.5 Å². The van der Waals surface area contributed by atoms with Crippen molar-refractivity contribution in [3.05, 3.63) is 21.6 Å². The van der Waals surface area contributed by atoms with Gasteiger partial charge in [-0.15, -0.1) is 5.10 Å². The molecule has 0 saturated carbocycles. The van der Waals surface area contributed by atoms with Crippen molar-refractivity contribution in [3.8, 4) is 0 Å². The molecule has 2 aromatic rings. The van der Waals surface area contributed by atoms with E-state index in [1.165, 1.54) is 27.6 Å². The fourth-order valence-corrected chi connectivity index (χ4v) is 5.00. The molecule has 128 valence electrons. The molecule has 0 N–H and O–H groups in total. The lowest BCUT2D eigenvalue weighted by molar-refractivity contribution is -0.127. The third-order valence-electron chi connectivity index (χ3n) is 4.51. The van der Waals surface area contributed by atoms with Crippen molar-refractivity contribution in [2.75, 3.05) is 32.4 Å². The van der Waals surface area contributed by atoms with Gasteiger partial charge < -0.3 is 9.80 Å². The van der Waals surface area contributed by atoms with Gasteiger partial charge in [0, 0.05) is 32.6 Å². The predicted molar refractivity (Wildman–Crippen MR) is 93.7 cm³/mol. The van der Waals surface area contributed by atoms with Crippen molar-refractivity contribution in [2.24, 2.45) is 0 Å². The second-order valence-corrected chi connectivity index (χ2v) is 8.45. The van der Waals surface area contributed by atoms with Crippen LogP contribution in [0.1, 0.15) is 24.1 Å². The Kier molecular flexibility index (Phi) is 4.31. The average Bonchev–Trinajstić information content (AvgIpc) is 3.23. The third kappa shape index (κ3) is 2.96. The van der Waals surface area contributed by atoms with E-state index in [2.05, 4.69) is 15.0 Å². The Bertz CT molecular complexity index is 840.